The van der Waals surface area contributed by atoms with Crippen LogP contribution in [0, 0.1) is 17.1 Å². The first-order chi connectivity index (χ1) is 14.2. The standard InChI is InChI=1S/C19H18FN7O2/c20-14-2-1-3-16(29-11-13-9-22-4-5-28-13)19(14)15-6-17(27-26-15)25-18-10-23-12(7-21)8-24-18/h1-3,6,8,10,13,22H,4-5,9,11H2,(H2,24,25,26,27)/t13-/m0/s1. The fraction of sp³-hybridized carbons (Fsp3) is 0.263. The van der Waals surface area contributed by atoms with Gasteiger partial charge < -0.3 is 20.1 Å². The highest BCUT2D eigenvalue weighted by Gasteiger charge is 2.18. The Bertz CT molecular complexity index is 1010. The van der Waals surface area contributed by atoms with Crippen LogP contribution in [0.15, 0.2) is 36.7 Å². The molecule has 10 heteroatoms. The van der Waals surface area contributed by atoms with E-state index in [9.17, 15) is 4.39 Å². The maximum absolute atomic E-state index is 14.6. The van der Waals surface area contributed by atoms with Crippen molar-refractivity contribution in [3.8, 4) is 23.1 Å². The van der Waals surface area contributed by atoms with Crippen LogP contribution in [0.3, 0.4) is 0 Å². The van der Waals surface area contributed by atoms with Gasteiger partial charge >= 0.3 is 0 Å². The third-order valence-electron chi connectivity index (χ3n) is 4.27. The molecule has 1 aliphatic heterocycles. The molecule has 1 fully saturated rings. The number of aromatic amines is 1. The quantitative estimate of drug-likeness (QED) is 0.579. The maximum atomic E-state index is 14.6. The highest BCUT2D eigenvalue weighted by Crippen LogP contribution is 2.33. The zero-order chi connectivity index (χ0) is 20.1. The van der Waals surface area contributed by atoms with Crippen LogP contribution < -0.4 is 15.4 Å². The largest absolute Gasteiger partial charge is 0.490 e. The van der Waals surface area contributed by atoms with E-state index in [1.807, 2.05) is 6.07 Å². The number of rotatable bonds is 6. The molecule has 3 aromatic rings. The third-order valence-corrected chi connectivity index (χ3v) is 4.27. The van der Waals surface area contributed by atoms with E-state index in [-0.39, 0.29) is 17.4 Å². The fourth-order valence-electron chi connectivity index (χ4n) is 2.89. The summed E-state index contributed by atoms with van der Waals surface area (Å²) in [6.07, 6.45) is 2.68. The highest BCUT2D eigenvalue weighted by atomic mass is 19.1. The van der Waals surface area contributed by atoms with Crippen LogP contribution in [-0.4, -0.2) is 52.6 Å². The van der Waals surface area contributed by atoms with E-state index in [4.69, 9.17) is 14.7 Å². The number of nitrogens with zero attached hydrogens (tertiary/aromatic N) is 4. The van der Waals surface area contributed by atoms with Crippen molar-refractivity contribution in [2.45, 2.75) is 6.10 Å². The van der Waals surface area contributed by atoms with Gasteiger partial charge in [-0.1, -0.05) is 6.07 Å². The molecule has 0 unspecified atom stereocenters. The molecule has 0 aliphatic carbocycles. The monoisotopic (exact) mass is 395 g/mol. The molecule has 0 amide bonds. The Morgan fingerprint density at radius 1 is 1.31 bits per heavy atom. The summed E-state index contributed by atoms with van der Waals surface area (Å²) in [5.41, 5.74) is 0.941. The molecule has 29 heavy (non-hydrogen) atoms. The molecule has 0 spiro atoms. The molecule has 148 valence electrons. The SMILES string of the molecule is N#Cc1cnc(Nc2cc(-c3c(F)cccc3OC[C@@H]3CNCCO3)[nH]n2)cn1. The number of anilines is 2. The summed E-state index contributed by atoms with van der Waals surface area (Å²) >= 11 is 0. The lowest BCUT2D eigenvalue weighted by molar-refractivity contribution is 0.000262. The minimum Gasteiger partial charge on any atom is -0.490 e. The molecule has 3 heterocycles. The molecule has 3 N–H and O–H groups in total. The second-order valence-corrected chi connectivity index (χ2v) is 6.31. The minimum atomic E-state index is -0.432. The van der Waals surface area contributed by atoms with E-state index >= 15 is 0 Å². The van der Waals surface area contributed by atoms with Gasteiger partial charge in [0, 0.05) is 19.2 Å². The van der Waals surface area contributed by atoms with E-state index in [0.29, 0.717) is 42.8 Å². The summed E-state index contributed by atoms with van der Waals surface area (Å²) in [7, 11) is 0. The average molecular weight is 395 g/mol. The number of halogens is 1. The second-order valence-electron chi connectivity index (χ2n) is 6.31. The van der Waals surface area contributed by atoms with Gasteiger partial charge in [-0.05, 0) is 12.1 Å². The Kier molecular flexibility index (Phi) is 5.60. The first-order valence-electron chi connectivity index (χ1n) is 9.01. The molecular formula is C19H18FN7O2. The zero-order valence-corrected chi connectivity index (χ0v) is 15.4. The number of nitriles is 1. The molecular weight excluding hydrogens is 377 g/mol. The lowest BCUT2D eigenvalue weighted by Crippen LogP contribution is -2.41. The number of morpholine rings is 1. The van der Waals surface area contributed by atoms with Crippen molar-refractivity contribution in [1.29, 1.82) is 5.26 Å². The number of H-pyrrole nitrogens is 1. The van der Waals surface area contributed by atoms with Crippen molar-refractivity contribution in [3.63, 3.8) is 0 Å². The summed E-state index contributed by atoms with van der Waals surface area (Å²) in [4.78, 5) is 8.01. The molecule has 4 rings (SSSR count). The lowest BCUT2D eigenvalue weighted by Gasteiger charge is -2.24. The second kappa shape index (κ2) is 8.64. The number of benzene rings is 1. The smallest absolute Gasteiger partial charge is 0.158 e. The predicted molar refractivity (Wildman–Crippen MR) is 102 cm³/mol. The predicted octanol–water partition coefficient (Wildman–Crippen LogP) is 1.99. The van der Waals surface area contributed by atoms with E-state index < -0.39 is 5.82 Å². The van der Waals surface area contributed by atoms with Crippen LogP contribution in [0.5, 0.6) is 5.75 Å². The number of aromatic nitrogens is 4. The summed E-state index contributed by atoms with van der Waals surface area (Å²) in [6, 6.07) is 8.20. The van der Waals surface area contributed by atoms with Gasteiger partial charge in [-0.3, -0.25) is 5.10 Å². The molecule has 1 aliphatic rings. The Balaban J connectivity index is 1.51. The number of ether oxygens (including phenoxy) is 2. The van der Waals surface area contributed by atoms with E-state index in [1.54, 1.807) is 18.2 Å². The maximum Gasteiger partial charge on any atom is 0.158 e. The molecule has 0 saturated carbocycles. The van der Waals surface area contributed by atoms with Crippen LogP contribution in [-0.2, 0) is 4.74 Å². The molecule has 0 bridgehead atoms. The van der Waals surface area contributed by atoms with Crippen molar-refractivity contribution in [2.24, 2.45) is 0 Å². The van der Waals surface area contributed by atoms with Crippen molar-refractivity contribution < 1.29 is 13.9 Å². The fourth-order valence-corrected chi connectivity index (χ4v) is 2.89. The van der Waals surface area contributed by atoms with E-state index in [0.717, 1.165) is 6.54 Å². The van der Waals surface area contributed by atoms with Crippen LogP contribution in [0.1, 0.15) is 5.69 Å². The summed E-state index contributed by atoms with van der Waals surface area (Å²) < 4.78 is 26.0. The number of nitrogens with one attached hydrogen (secondary N) is 3. The molecule has 1 aromatic carbocycles. The first-order valence-corrected chi connectivity index (χ1v) is 9.01. The van der Waals surface area contributed by atoms with Gasteiger partial charge in [-0.25, -0.2) is 14.4 Å². The van der Waals surface area contributed by atoms with E-state index in [1.165, 1.54) is 18.5 Å². The highest BCUT2D eigenvalue weighted by molar-refractivity contribution is 5.71. The van der Waals surface area contributed by atoms with Gasteiger partial charge in [0.25, 0.3) is 0 Å². The zero-order valence-electron chi connectivity index (χ0n) is 15.4. The van der Waals surface area contributed by atoms with Crippen molar-refractivity contribution in [1.82, 2.24) is 25.5 Å². The number of hydrogen-bond acceptors (Lipinski definition) is 8. The van der Waals surface area contributed by atoms with Gasteiger partial charge in [0.15, 0.2) is 11.5 Å². The summed E-state index contributed by atoms with van der Waals surface area (Å²) in [5, 5.41) is 21.9. The van der Waals surface area contributed by atoms with Crippen LogP contribution in [0.25, 0.3) is 11.3 Å². The van der Waals surface area contributed by atoms with Crippen molar-refractivity contribution >= 4 is 11.6 Å². The number of hydrogen-bond donors (Lipinski definition) is 3. The van der Waals surface area contributed by atoms with Gasteiger partial charge in [-0.2, -0.15) is 10.4 Å². The molecule has 9 nitrogen and oxygen atoms in total. The molecule has 0 radical (unpaired) electrons. The van der Waals surface area contributed by atoms with Gasteiger partial charge in [0.2, 0.25) is 0 Å². The Hall–Kier alpha value is -3.55. The van der Waals surface area contributed by atoms with Crippen LogP contribution >= 0.6 is 0 Å². The van der Waals surface area contributed by atoms with Gasteiger partial charge in [0.05, 0.1) is 30.3 Å². The average Bonchev–Trinajstić information content (AvgIpc) is 3.21. The first kappa shape index (κ1) is 18.8. The van der Waals surface area contributed by atoms with Crippen LogP contribution in [0.2, 0.25) is 0 Å². The molecule has 1 atom stereocenters. The lowest BCUT2D eigenvalue weighted by atomic mass is 10.1. The van der Waals surface area contributed by atoms with Gasteiger partial charge in [-0.15, -0.1) is 0 Å². The van der Waals surface area contributed by atoms with Gasteiger partial charge in [0.1, 0.15) is 36.2 Å². The van der Waals surface area contributed by atoms with Crippen molar-refractivity contribution in [2.75, 3.05) is 31.6 Å². The Morgan fingerprint density at radius 3 is 3.00 bits per heavy atom. The van der Waals surface area contributed by atoms with Crippen molar-refractivity contribution in [3.05, 3.63) is 48.2 Å². The molecule has 2 aromatic heterocycles. The minimum absolute atomic E-state index is 0.0891. The summed E-state index contributed by atoms with van der Waals surface area (Å²) in [6.45, 7) is 2.44. The Morgan fingerprint density at radius 2 is 2.24 bits per heavy atom. The van der Waals surface area contributed by atoms with Crippen LogP contribution in [0.4, 0.5) is 16.0 Å². The van der Waals surface area contributed by atoms with E-state index in [2.05, 4.69) is 30.8 Å². The summed E-state index contributed by atoms with van der Waals surface area (Å²) in [5.74, 6) is 0.799. The Labute approximate surface area is 165 Å². The normalized spacial score (nSPS) is 16.2. The third kappa shape index (κ3) is 4.48. The molecule has 1 saturated heterocycles. The topological polar surface area (TPSA) is 121 Å².